The van der Waals surface area contributed by atoms with Crippen molar-refractivity contribution in [2.24, 2.45) is 17.8 Å². The second-order valence-electron chi connectivity index (χ2n) is 9.76. The number of amides is 4. The number of urea groups is 1. The Bertz CT molecular complexity index is 851. The molecule has 1 saturated heterocycles. The van der Waals surface area contributed by atoms with Gasteiger partial charge in [-0.2, -0.15) is 0 Å². The van der Waals surface area contributed by atoms with Crippen molar-refractivity contribution in [3.8, 4) is 0 Å². The Balaban J connectivity index is 1.26. The minimum Gasteiger partial charge on any atom is -0.350 e. The molecule has 1 aromatic carbocycles. The lowest BCUT2D eigenvalue weighted by Gasteiger charge is -2.57. The average molecular weight is 430 g/mol. The zero-order chi connectivity index (χ0) is 20.9. The smallest absolute Gasteiger partial charge is 0.325 e. The van der Waals surface area contributed by atoms with Gasteiger partial charge in [0.2, 0.25) is 11.8 Å². The van der Waals surface area contributed by atoms with E-state index in [0.29, 0.717) is 29.2 Å². The molecule has 4 bridgehead atoms. The summed E-state index contributed by atoms with van der Waals surface area (Å²) in [5.74, 6) is 1.51. The van der Waals surface area contributed by atoms with Gasteiger partial charge in [-0.3, -0.25) is 14.5 Å². The van der Waals surface area contributed by atoms with E-state index in [-0.39, 0.29) is 30.3 Å². The maximum Gasteiger partial charge on any atom is 0.325 e. The van der Waals surface area contributed by atoms with Crippen molar-refractivity contribution in [2.45, 2.75) is 69.5 Å². The predicted octanol–water partition coefficient (Wildman–Crippen LogP) is 3.63. The minimum atomic E-state index is -0.756. The molecule has 2 N–H and O–H groups in total. The Labute approximate surface area is 181 Å². The van der Waals surface area contributed by atoms with Crippen molar-refractivity contribution in [1.82, 2.24) is 15.5 Å². The molecule has 0 radical (unpaired) electrons. The van der Waals surface area contributed by atoms with Crippen LogP contribution in [0.1, 0.15) is 56.9 Å². The van der Waals surface area contributed by atoms with Crippen molar-refractivity contribution in [3.63, 3.8) is 0 Å². The molecule has 4 aliphatic carbocycles. The lowest BCUT2D eigenvalue weighted by atomic mass is 9.53. The fourth-order valence-corrected chi connectivity index (χ4v) is 6.88. The molecule has 1 aromatic rings. The number of carbonyl (C=O) groups is 3. The number of nitrogens with zero attached hydrogens (tertiary/aromatic N) is 1. The number of hydrogen-bond donors (Lipinski definition) is 2. The first-order chi connectivity index (χ1) is 14.4. The molecule has 6 rings (SSSR count). The fraction of sp³-hybridized carbons (Fsp3) is 0.609. The number of nitrogens with one attached hydrogen (secondary N) is 2. The summed E-state index contributed by atoms with van der Waals surface area (Å²) < 4.78 is 0. The van der Waals surface area contributed by atoms with Gasteiger partial charge in [0.1, 0.15) is 6.04 Å². The Morgan fingerprint density at radius 2 is 1.70 bits per heavy atom. The van der Waals surface area contributed by atoms with E-state index in [1.54, 1.807) is 6.07 Å². The molecule has 5 aliphatic rings. The summed E-state index contributed by atoms with van der Waals surface area (Å²) in [7, 11) is 0. The molecule has 1 heterocycles. The summed E-state index contributed by atoms with van der Waals surface area (Å²) in [6, 6.07) is 6.16. The molecule has 1 atom stereocenters. The Kier molecular flexibility index (Phi) is 5.00. The summed E-state index contributed by atoms with van der Waals surface area (Å²) >= 11 is 6.16. The molecule has 0 aromatic heterocycles. The molecule has 160 valence electrons. The van der Waals surface area contributed by atoms with Gasteiger partial charge >= 0.3 is 6.03 Å². The highest BCUT2D eigenvalue weighted by molar-refractivity contribution is 6.31. The second-order valence-corrected chi connectivity index (χ2v) is 10.2. The van der Waals surface area contributed by atoms with E-state index in [9.17, 15) is 14.4 Å². The molecular formula is C23H28ClN3O3. The van der Waals surface area contributed by atoms with Crippen molar-refractivity contribution >= 4 is 29.4 Å². The van der Waals surface area contributed by atoms with E-state index in [0.717, 1.165) is 24.8 Å². The van der Waals surface area contributed by atoms with E-state index >= 15 is 0 Å². The zero-order valence-electron chi connectivity index (χ0n) is 17.0. The topological polar surface area (TPSA) is 78.5 Å². The fourth-order valence-electron chi connectivity index (χ4n) is 6.68. The highest BCUT2D eigenvalue weighted by Crippen LogP contribution is 2.55. The number of hydrogen-bond acceptors (Lipinski definition) is 3. The van der Waals surface area contributed by atoms with Gasteiger partial charge < -0.3 is 10.6 Å². The second kappa shape index (κ2) is 7.56. The molecule has 5 fully saturated rings. The molecular weight excluding hydrogens is 402 g/mol. The summed E-state index contributed by atoms with van der Waals surface area (Å²) in [5, 5.41) is 6.66. The van der Waals surface area contributed by atoms with Crippen molar-refractivity contribution < 1.29 is 14.4 Å². The van der Waals surface area contributed by atoms with Gasteiger partial charge in [-0.05, 0) is 74.3 Å². The molecule has 6 nitrogen and oxygen atoms in total. The molecule has 0 unspecified atom stereocenters. The molecule has 4 saturated carbocycles. The Morgan fingerprint density at radius 1 is 1.07 bits per heavy atom. The summed E-state index contributed by atoms with van der Waals surface area (Å²) in [6.07, 6.45) is 7.46. The third-order valence-corrected chi connectivity index (χ3v) is 7.92. The molecule has 0 spiro atoms. The zero-order valence-corrected chi connectivity index (χ0v) is 17.8. The maximum absolute atomic E-state index is 13.2. The van der Waals surface area contributed by atoms with Crippen LogP contribution in [0.5, 0.6) is 0 Å². The van der Waals surface area contributed by atoms with Crippen LogP contribution in [0.4, 0.5) is 4.79 Å². The van der Waals surface area contributed by atoms with E-state index in [1.165, 1.54) is 24.2 Å². The molecule has 4 amide bonds. The van der Waals surface area contributed by atoms with Gasteiger partial charge in [-0.1, -0.05) is 29.8 Å². The average Bonchev–Trinajstić information content (AvgIpc) is 3.07. The highest BCUT2D eigenvalue weighted by atomic mass is 35.5. The largest absolute Gasteiger partial charge is 0.350 e. The van der Waals surface area contributed by atoms with Crippen LogP contribution in [0, 0.1) is 17.8 Å². The first kappa shape index (κ1) is 19.9. The van der Waals surface area contributed by atoms with Gasteiger partial charge in [-0.15, -0.1) is 0 Å². The number of halogens is 1. The third-order valence-electron chi connectivity index (χ3n) is 7.55. The Hall–Kier alpha value is -2.08. The maximum atomic E-state index is 13.2. The quantitative estimate of drug-likeness (QED) is 0.767. The van der Waals surface area contributed by atoms with Crippen molar-refractivity contribution in [3.05, 3.63) is 34.9 Å². The standard InChI is InChI=1S/C23H28ClN3O3/c24-18-4-2-1-3-17(18)13-25-21(29)19-5-6-20(28)27(19)22(30)26-23-10-14-7-15(11-23)9-16(8-14)12-23/h1-4,14-16,19H,5-13H2,(H,25,29)(H,26,30)/t14?,15?,16?,19-,23?/m0/s1. The summed E-state index contributed by atoms with van der Waals surface area (Å²) in [5.41, 5.74) is 0.620. The molecule has 30 heavy (non-hydrogen) atoms. The van der Waals surface area contributed by atoms with Crippen LogP contribution in [0.3, 0.4) is 0 Å². The lowest BCUT2D eigenvalue weighted by molar-refractivity contribution is -0.132. The van der Waals surface area contributed by atoms with Crippen LogP contribution in [-0.4, -0.2) is 34.3 Å². The number of benzene rings is 1. The van der Waals surface area contributed by atoms with E-state index in [4.69, 9.17) is 11.6 Å². The van der Waals surface area contributed by atoms with Gasteiger partial charge in [0.25, 0.3) is 0 Å². The van der Waals surface area contributed by atoms with Crippen LogP contribution >= 0.6 is 11.6 Å². The van der Waals surface area contributed by atoms with Crippen molar-refractivity contribution in [1.29, 1.82) is 0 Å². The predicted molar refractivity (Wildman–Crippen MR) is 113 cm³/mol. The van der Waals surface area contributed by atoms with E-state index in [2.05, 4.69) is 10.6 Å². The summed E-state index contributed by atoms with van der Waals surface area (Å²) in [4.78, 5) is 39.7. The van der Waals surface area contributed by atoms with E-state index in [1.807, 2.05) is 18.2 Å². The molecule has 1 aliphatic heterocycles. The number of rotatable bonds is 4. The highest BCUT2D eigenvalue weighted by Gasteiger charge is 2.53. The van der Waals surface area contributed by atoms with Gasteiger partial charge in [0.05, 0.1) is 0 Å². The van der Waals surface area contributed by atoms with Gasteiger partial charge in [-0.25, -0.2) is 4.79 Å². The first-order valence-corrected chi connectivity index (χ1v) is 11.5. The summed E-state index contributed by atoms with van der Waals surface area (Å²) in [6.45, 7) is 0.271. The molecule has 7 heteroatoms. The van der Waals surface area contributed by atoms with Crippen LogP contribution in [0.25, 0.3) is 0 Å². The Morgan fingerprint density at radius 3 is 2.33 bits per heavy atom. The van der Waals surface area contributed by atoms with Gasteiger partial charge in [0, 0.05) is 23.5 Å². The monoisotopic (exact) mass is 429 g/mol. The normalized spacial score (nSPS) is 34.3. The van der Waals surface area contributed by atoms with Crippen LogP contribution in [-0.2, 0) is 16.1 Å². The third kappa shape index (κ3) is 3.59. The number of likely N-dealkylation sites (tertiary alicyclic amines) is 1. The minimum absolute atomic E-state index is 0.187. The van der Waals surface area contributed by atoms with Crippen LogP contribution in [0.2, 0.25) is 5.02 Å². The lowest BCUT2D eigenvalue weighted by Crippen LogP contribution is -2.63. The van der Waals surface area contributed by atoms with Crippen molar-refractivity contribution in [2.75, 3.05) is 0 Å². The van der Waals surface area contributed by atoms with E-state index < -0.39 is 12.1 Å². The van der Waals surface area contributed by atoms with Crippen LogP contribution < -0.4 is 10.6 Å². The van der Waals surface area contributed by atoms with Crippen LogP contribution in [0.15, 0.2) is 24.3 Å². The SMILES string of the molecule is O=C(NCc1ccccc1Cl)[C@@H]1CCC(=O)N1C(=O)NC12CC3CC(CC(C3)C1)C2. The number of imide groups is 1. The van der Waals surface area contributed by atoms with Gasteiger partial charge in [0.15, 0.2) is 0 Å². The number of carbonyl (C=O) groups excluding carboxylic acids is 3. The first-order valence-electron chi connectivity index (χ1n) is 11.1.